The molecule has 0 aliphatic carbocycles. The van der Waals surface area contributed by atoms with Crippen LogP contribution < -0.4 is 9.80 Å². The number of benzene rings is 1. The monoisotopic (exact) mass is 270 g/mol. The van der Waals surface area contributed by atoms with Gasteiger partial charge in [-0.3, -0.25) is 4.79 Å². The van der Waals surface area contributed by atoms with Gasteiger partial charge in [0.1, 0.15) is 0 Å². The number of carbonyl (C=O) groups excluding carboxylic acids is 1. The van der Waals surface area contributed by atoms with E-state index in [-0.39, 0.29) is 5.91 Å². The van der Waals surface area contributed by atoms with Crippen LogP contribution in [-0.2, 0) is 4.79 Å². The van der Waals surface area contributed by atoms with Crippen molar-refractivity contribution in [3.05, 3.63) is 36.4 Å². The molecule has 1 aromatic rings. The van der Waals surface area contributed by atoms with E-state index in [1.54, 1.807) is 6.08 Å². The third-order valence-corrected chi connectivity index (χ3v) is 4.36. The average Bonchev–Trinajstić information content (AvgIpc) is 2.49. The molecule has 1 saturated heterocycles. The standard InChI is InChI=1S/C17H22N2O/c1-14-9-12-18(13-10-14)15-5-7-16(8-6-15)19-11-3-2-4-17(19)20/h2,4-8,14H,3,9-13H2,1H3. The van der Waals surface area contributed by atoms with Crippen LogP contribution in [-0.4, -0.2) is 25.5 Å². The van der Waals surface area contributed by atoms with E-state index in [1.807, 2.05) is 11.0 Å². The van der Waals surface area contributed by atoms with Crippen LogP contribution in [0.2, 0.25) is 0 Å². The maximum Gasteiger partial charge on any atom is 0.250 e. The SMILES string of the molecule is CC1CCN(c2ccc(N3CCC=CC3=O)cc2)CC1. The molecule has 1 aromatic carbocycles. The highest BCUT2D eigenvalue weighted by Gasteiger charge is 2.18. The number of nitrogens with zero attached hydrogens (tertiary/aromatic N) is 2. The minimum atomic E-state index is 0.0933. The molecule has 0 bridgehead atoms. The predicted octanol–water partition coefficient (Wildman–Crippen LogP) is 3.22. The van der Waals surface area contributed by atoms with Gasteiger partial charge in [-0.15, -0.1) is 0 Å². The van der Waals surface area contributed by atoms with Gasteiger partial charge in [-0.25, -0.2) is 0 Å². The fourth-order valence-electron chi connectivity index (χ4n) is 2.95. The minimum absolute atomic E-state index is 0.0933. The van der Waals surface area contributed by atoms with Gasteiger partial charge in [0.05, 0.1) is 0 Å². The van der Waals surface area contributed by atoms with E-state index in [1.165, 1.54) is 18.5 Å². The Bertz CT molecular complexity index is 498. The molecule has 0 atom stereocenters. The van der Waals surface area contributed by atoms with Crippen LogP contribution >= 0.6 is 0 Å². The number of hydrogen-bond donors (Lipinski definition) is 0. The molecule has 0 aromatic heterocycles. The Kier molecular flexibility index (Phi) is 3.77. The Labute approximate surface area is 120 Å². The third-order valence-electron chi connectivity index (χ3n) is 4.36. The smallest absolute Gasteiger partial charge is 0.250 e. The topological polar surface area (TPSA) is 23.6 Å². The van der Waals surface area contributed by atoms with Crippen LogP contribution in [0.4, 0.5) is 11.4 Å². The van der Waals surface area contributed by atoms with Crippen LogP contribution in [0, 0.1) is 5.92 Å². The highest BCUT2D eigenvalue weighted by atomic mass is 16.2. The largest absolute Gasteiger partial charge is 0.372 e. The summed E-state index contributed by atoms with van der Waals surface area (Å²) in [6.45, 7) is 5.41. The molecule has 0 radical (unpaired) electrons. The molecular weight excluding hydrogens is 248 g/mol. The van der Waals surface area contributed by atoms with Crippen molar-refractivity contribution >= 4 is 17.3 Å². The van der Waals surface area contributed by atoms with Gasteiger partial charge in [0.15, 0.2) is 0 Å². The first kappa shape index (κ1) is 13.2. The highest BCUT2D eigenvalue weighted by Crippen LogP contribution is 2.26. The Morgan fingerprint density at radius 1 is 1.00 bits per heavy atom. The summed E-state index contributed by atoms with van der Waals surface area (Å²) >= 11 is 0. The van der Waals surface area contributed by atoms with Crippen molar-refractivity contribution in [1.29, 1.82) is 0 Å². The lowest BCUT2D eigenvalue weighted by atomic mass is 9.99. The summed E-state index contributed by atoms with van der Waals surface area (Å²) in [5.74, 6) is 0.944. The second kappa shape index (κ2) is 5.70. The van der Waals surface area contributed by atoms with Crippen molar-refractivity contribution in [3.8, 4) is 0 Å². The highest BCUT2D eigenvalue weighted by molar-refractivity contribution is 6.02. The molecule has 3 rings (SSSR count). The number of anilines is 2. The number of piperidine rings is 1. The molecule has 2 aliphatic rings. The van der Waals surface area contributed by atoms with Gasteiger partial charge in [0, 0.05) is 31.0 Å². The number of amides is 1. The van der Waals surface area contributed by atoms with Crippen LogP contribution in [0.5, 0.6) is 0 Å². The maximum absolute atomic E-state index is 11.8. The zero-order valence-corrected chi connectivity index (χ0v) is 12.1. The van der Waals surface area contributed by atoms with Crippen molar-refractivity contribution < 1.29 is 4.79 Å². The van der Waals surface area contributed by atoms with Gasteiger partial charge in [0.25, 0.3) is 5.91 Å². The summed E-state index contributed by atoms with van der Waals surface area (Å²) in [6.07, 6.45) is 7.11. The lowest BCUT2D eigenvalue weighted by Gasteiger charge is -2.32. The van der Waals surface area contributed by atoms with Gasteiger partial charge in [-0.1, -0.05) is 13.0 Å². The van der Waals surface area contributed by atoms with Gasteiger partial charge >= 0.3 is 0 Å². The van der Waals surface area contributed by atoms with Gasteiger partial charge in [0.2, 0.25) is 0 Å². The molecule has 0 saturated carbocycles. The molecular formula is C17H22N2O. The van der Waals surface area contributed by atoms with Crippen molar-refractivity contribution in [2.75, 3.05) is 29.4 Å². The first-order valence-electron chi connectivity index (χ1n) is 7.57. The molecule has 1 fully saturated rings. The minimum Gasteiger partial charge on any atom is -0.372 e. The van der Waals surface area contributed by atoms with Crippen molar-refractivity contribution in [1.82, 2.24) is 0 Å². The fourth-order valence-corrected chi connectivity index (χ4v) is 2.95. The Balaban J connectivity index is 1.71. The zero-order chi connectivity index (χ0) is 13.9. The van der Waals surface area contributed by atoms with E-state index >= 15 is 0 Å². The van der Waals surface area contributed by atoms with Gasteiger partial charge in [-0.05, 0) is 55.5 Å². The lowest BCUT2D eigenvalue weighted by Crippen LogP contribution is -2.33. The normalized spacial score (nSPS) is 20.6. The van der Waals surface area contributed by atoms with Crippen molar-refractivity contribution in [2.45, 2.75) is 26.2 Å². The number of carbonyl (C=O) groups is 1. The van der Waals surface area contributed by atoms with Crippen LogP contribution in [0.1, 0.15) is 26.2 Å². The number of rotatable bonds is 2. The molecule has 3 heteroatoms. The second-order valence-electron chi connectivity index (χ2n) is 5.87. The van der Waals surface area contributed by atoms with Gasteiger partial charge < -0.3 is 9.80 Å². The van der Waals surface area contributed by atoms with E-state index in [0.29, 0.717) is 0 Å². The Morgan fingerprint density at radius 2 is 1.65 bits per heavy atom. The lowest BCUT2D eigenvalue weighted by molar-refractivity contribution is -0.114. The molecule has 2 aliphatic heterocycles. The van der Waals surface area contributed by atoms with Gasteiger partial charge in [-0.2, -0.15) is 0 Å². The van der Waals surface area contributed by atoms with E-state index in [9.17, 15) is 4.79 Å². The van der Waals surface area contributed by atoms with E-state index < -0.39 is 0 Å². The van der Waals surface area contributed by atoms with Crippen molar-refractivity contribution in [3.63, 3.8) is 0 Å². The molecule has 2 heterocycles. The van der Waals surface area contributed by atoms with Crippen LogP contribution in [0.15, 0.2) is 36.4 Å². The van der Waals surface area contributed by atoms with E-state index in [0.717, 1.165) is 37.7 Å². The van der Waals surface area contributed by atoms with Crippen LogP contribution in [0.3, 0.4) is 0 Å². The molecule has 20 heavy (non-hydrogen) atoms. The summed E-state index contributed by atoms with van der Waals surface area (Å²) in [6, 6.07) is 8.45. The molecule has 106 valence electrons. The summed E-state index contributed by atoms with van der Waals surface area (Å²) < 4.78 is 0. The molecule has 0 N–H and O–H groups in total. The summed E-state index contributed by atoms with van der Waals surface area (Å²) in [4.78, 5) is 16.1. The predicted molar refractivity (Wildman–Crippen MR) is 83.2 cm³/mol. The van der Waals surface area contributed by atoms with E-state index in [4.69, 9.17) is 0 Å². The fraction of sp³-hybridized carbons (Fsp3) is 0.471. The number of hydrogen-bond acceptors (Lipinski definition) is 2. The average molecular weight is 270 g/mol. The molecule has 1 amide bonds. The summed E-state index contributed by atoms with van der Waals surface area (Å²) in [5.41, 5.74) is 2.29. The molecule has 3 nitrogen and oxygen atoms in total. The maximum atomic E-state index is 11.8. The zero-order valence-electron chi connectivity index (χ0n) is 12.1. The first-order chi connectivity index (χ1) is 9.74. The Morgan fingerprint density at radius 3 is 2.30 bits per heavy atom. The Hall–Kier alpha value is -1.77. The van der Waals surface area contributed by atoms with E-state index in [2.05, 4.69) is 36.1 Å². The second-order valence-corrected chi connectivity index (χ2v) is 5.87. The summed E-state index contributed by atoms with van der Waals surface area (Å²) in [5, 5.41) is 0. The summed E-state index contributed by atoms with van der Waals surface area (Å²) in [7, 11) is 0. The van der Waals surface area contributed by atoms with Crippen molar-refractivity contribution in [2.24, 2.45) is 5.92 Å². The quantitative estimate of drug-likeness (QED) is 0.824. The molecule has 0 unspecified atom stereocenters. The first-order valence-corrected chi connectivity index (χ1v) is 7.57. The van der Waals surface area contributed by atoms with Crippen LogP contribution in [0.25, 0.3) is 0 Å². The molecule has 0 spiro atoms. The third kappa shape index (κ3) is 2.72.